The summed E-state index contributed by atoms with van der Waals surface area (Å²) in [5, 5.41) is 0.951. The zero-order valence-electron chi connectivity index (χ0n) is 8.96. The van der Waals surface area contributed by atoms with Crippen molar-refractivity contribution in [3.05, 3.63) is 59.2 Å². The summed E-state index contributed by atoms with van der Waals surface area (Å²) in [5.74, 6) is -0.157. The Morgan fingerprint density at radius 3 is 2.47 bits per heavy atom. The molecule has 2 heterocycles. The van der Waals surface area contributed by atoms with Gasteiger partial charge in [0.15, 0.2) is 0 Å². The monoisotopic (exact) mass is 230 g/mol. The summed E-state index contributed by atoms with van der Waals surface area (Å²) in [6, 6.07) is 10.6. The standard InChI is InChI=1S/C9H6O2.C4H4O2/c10-9-6-5-7-3-1-2-4-8(7)11-9;5-4-2-1-3-6-4/h1-6H;1,3H,2H2. The number of cyclic esters (lactones) is 1. The van der Waals surface area contributed by atoms with Gasteiger partial charge in [0.05, 0.1) is 12.7 Å². The lowest BCUT2D eigenvalue weighted by atomic mass is 10.2. The molecule has 86 valence electrons. The van der Waals surface area contributed by atoms with E-state index in [0.717, 1.165) is 5.39 Å². The van der Waals surface area contributed by atoms with Gasteiger partial charge in [-0.1, -0.05) is 18.2 Å². The molecule has 0 bridgehead atoms. The first kappa shape index (κ1) is 11.1. The minimum Gasteiger partial charge on any atom is -0.435 e. The van der Waals surface area contributed by atoms with Gasteiger partial charge in [-0.2, -0.15) is 0 Å². The van der Waals surface area contributed by atoms with E-state index >= 15 is 0 Å². The van der Waals surface area contributed by atoms with Crippen LogP contribution in [0.5, 0.6) is 0 Å². The number of para-hydroxylation sites is 1. The molecule has 1 aromatic heterocycles. The molecule has 17 heavy (non-hydrogen) atoms. The highest BCUT2D eigenvalue weighted by Gasteiger charge is 2.00. The van der Waals surface area contributed by atoms with Crippen LogP contribution >= 0.6 is 0 Å². The first-order valence-electron chi connectivity index (χ1n) is 5.09. The second kappa shape index (κ2) is 5.12. The summed E-state index contributed by atoms with van der Waals surface area (Å²) in [5.41, 5.74) is 0.337. The Balaban J connectivity index is 0.000000153. The number of esters is 1. The second-order valence-electron chi connectivity index (χ2n) is 3.36. The van der Waals surface area contributed by atoms with Crippen LogP contribution in [0.25, 0.3) is 11.0 Å². The van der Waals surface area contributed by atoms with Crippen LogP contribution in [0.2, 0.25) is 0 Å². The number of carbonyl (C=O) groups excluding carboxylic acids is 1. The predicted octanol–water partition coefficient (Wildman–Crippen LogP) is 2.24. The summed E-state index contributed by atoms with van der Waals surface area (Å²) in [4.78, 5) is 20.7. The maximum Gasteiger partial charge on any atom is 0.336 e. The van der Waals surface area contributed by atoms with Gasteiger partial charge in [-0.3, -0.25) is 4.79 Å². The molecule has 1 aromatic carbocycles. The van der Waals surface area contributed by atoms with Crippen LogP contribution in [0, 0.1) is 0 Å². The van der Waals surface area contributed by atoms with Gasteiger partial charge in [0.2, 0.25) is 0 Å². The Morgan fingerprint density at radius 2 is 1.82 bits per heavy atom. The maximum atomic E-state index is 10.7. The molecule has 4 nitrogen and oxygen atoms in total. The van der Waals surface area contributed by atoms with Gasteiger partial charge in [-0.05, 0) is 18.2 Å². The van der Waals surface area contributed by atoms with E-state index < -0.39 is 0 Å². The van der Waals surface area contributed by atoms with Gasteiger partial charge >= 0.3 is 11.6 Å². The van der Waals surface area contributed by atoms with Crippen LogP contribution < -0.4 is 5.63 Å². The molecule has 1 aliphatic heterocycles. The predicted molar refractivity (Wildman–Crippen MR) is 62.3 cm³/mol. The average molecular weight is 230 g/mol. The third-order valence-corrected chi connectivity index (χ3v) is 2.11. The third-order valence-electron chi connectivity index (χ3n) is 2.11. The average Bonchev–Trinajstić information content (AvgIpc) is 2.81. The van der Waals surface area contributed by atoms with E-state index in [1.54, 1.807) is 18.2 Å². The first-order chi connectivity index (χ1) is 8.25. The minimum atomic E-state index is -0.302. The fraction of sp³-hybridized carbons (Fsp3) is 0.0769. The summed E-state index contributed by atoms with van der Waals surface area (Å²) < 4.78 is 9.24. The molecule has 0 fully saturated rings. The van der Waals surface area contributed by atoms with Gasteiger partial charge in [0, 0.05) is 11.5 Å². The van der Waals surface area contributed by atoms with Gasteiger partial charge in [-0.15, -0.1) is 0 Å². The van der Waals surface area contributed by atoms with Crippen LogP contribution in [-0.2, 0) is 9.53 Å². The van der Waals surface area contributed by atoms with Crippen LogP contribution in [0.4, 0.5) is 0 Å². The quantitative estimate of drug-likeness (QED) is 0.514. The molecular weight excluding hydrogens is 220 g/mol. The Morgan fingerprint density at radius 1 is 1.00 bits per heavy atom. The van der Waals surface area contributed by atoms with Crippen molar-refractivity contribution in [1.82, 2.24) is 0 Å². The zero-order chi connectivity index (χ0) is 12.1. The van der Waals surface area contributed by atoms with E-state index in [4.69, 9.17) is 4.42 Å². The maximum absolute atomic E-state index is 10.7. The highest BCUT2D eigenvalue weighted by Crippen LogP contribution is 2.08. The molecule has 0 unspecified atom stereocenters. The Kier molecular flexibility index (Phi) is 3.35. The molecule has 0 N–H and O–H groups in total. The lowest BCUT2D eigenvalue weighted by molar-refractivity contribution is -0.135. The van der Waals surface area contributed by atoms with E-state index in [1.807, 2.05) is 18.2 Å². The van der Waals surface area contributed by atoms with Crippen molar-refractivity contribution in [1.29, 1.82) is 0 Å². The molecule has 0 saturated carbocycles. The smallest absolute Gasteiger partial charge is 0.336 e. The molecule has 0 saturated heterocycles. The first-order valence-corrected chi connectivity index (χ1v) is 5.09. The number of fused-ring (bicyclic) bond motifs is 1. The van der Waals surface area contributed by atoms with Crippen molar-refractivity contribution in [3.63, 3.8) is 0 Å². The fourth-order valence-corrected chi connectivity index (χ4v) is 1.33. The topological polar surface area (TPSA) is 56.5 Å². The Bertz CT molecular complexity index is 600. The zero-order valence-corrected chi connectivity index (χ0v) is 8.96. The fourth-order valence-electron chi connectivity index (χ4n) is 1.33. The summed E-state index contributed by atoms with van der Waals surface area (Å²) in [6.45, 7) is 0. The van der Waals surface area contributed by atoms with Crippen LogP contribution in [-0.4, -0.2) is 5.97 Å². The Labute approximate surface area is 97.1 Å². The second-order valence-corrected chi connectivity index (χ2v) is 3.36. The largest absolute Gasteiger partial charge is 0.435 e. The number of benzene rings is 1. The van der Waals surface area contributed by atoms with Crippen molar-refractivity contribution < 1.29 is 13.9 Å². The van der Waals surface area contributed by atoms with Crippen LogP contribution in [0.3, 0.4) is 0 Å². The summed E-state index contributed by atoms with van der Waals surface area (Å²) >= 11 is 0. The minimum absolute atomic E-state index is 0.157. The van der Waals surface area contributed by atoms with Crippen molar-refractivity contribution in [2.24, 2.45) is 0 Å². The number of hydrogen-bond donors (Lipinski definition) is 0. The normalized spacial score (nSPS) is 13.1. The molecule has 0 spiro atoms. The molecule has 0 radical (unpaired) electrons. The highest BCUT2D eigenvalue weighted by atomic mass is 16.5. The Hall–Kier alpha value is -2.36. The van der Waals surface area contributed by atoms with E-state index in [0.29, 0.717) is 12.0 Å². The number of hydrogen-bond acceptors (Lipinski definition) is 4. The molecule has 0 atom stereocenters. The molecule has 0 amide bonds. The SMILES string of the molecule is O=C1CC=CO1.O=c1ccc2ccccc2o1. The van der Waals surface area contributed by atoms with E-state index in [9.17, 15) is 9.59 Å². The van der Waals surface area contributed by atoms with Crippen LogP contribution in [0.15, 0.2) is 57.9 Å². The van der Waals surface area contributed by atoms with Crippen LogP contribution in [0.1, 0.15) is 6.42 Å². The highest BCUT2D eigenvalue weighted by molar-refractivity contribution is 5.75. The number of carbonyl (C=O) groups is 1. The lowest BCUT2D eigenvalue weighted by Crippen LogP contribution is -1.93. The van der Waals surface area contributed by atoms with E-state index in [1.165, 1.54) is 12.3 Å². The third kappa shape index (κ3) is 3.04. The van der Waals surface area contributed by atoms with Gasteiger partial charge in [-0.25, -0.2) is 4.79 Å². The lowest BCUT2D eigenvalue weighted by Gasteiger charge is -1.91. The molecule has 0 aliphatic carbocycles. The molecular formula is C13H10O4. The number of ether oxygens (including phenoxy) is 1. The van der Waals surface area contributed by atoms with Crippen molar-refractivity contribution >= 4 is 16.9 Å². The van der Waals surface area contributed by atoms with Crippen molar-refractivity contribution in [2.75, 3.05) is 0 Å². The van der Waals surface area contributed by atoms with Gasteiger partial charge < -0.3 is 9.15 Å². The van der Waals surface area contributed by atoms with Gasteiger partial charge in [0.1, 0.15) is 5.58 Å². The van der Waals surface area contributed by atoms with Crippen molar-refractivity contribution in [2.45, 2.75) is 6.42 Å². The number of rotatable bonds is 0. The summed E-state index contributed by atoms with van der Waals surface area (Å²) in [6.07, 6.45) is 3.53. The van der Waals surface area contributed by atoms with Crippen molar-refractivity contribution in [3.8, 4) is 0 Å². The molecule has 3 rings (SSSR count). The van der Waals surface area contributed by atoms with E-state index in [-0.39, 0.29) is 11.6 Å². The van der Waals surface area contributed by atoms with Gasteiger partial charge in [0.25, 0.3) is 0 Å². The molecule has 1 aliphatic rings. The van der Waals surface area contributed by atoms with E-state index in [2.05, 4.69) is 4.74 Å². The molecule has 2 aromatic rings. The summed E-state index contributed by atoms with van der Waals surface area (Å²) in [7, 11) is 0. The molecule has 4 heteroatoms.